The molecule has 1 aromatic carbocycles. The number of nitrogens with zero attached hydrogens (tertiary/aromatic N) is 6. The maximum atomic E-state index is 12.4. The molecule has 0 saturated carbocycles. The van der Waals surface area contributed by atoms with Crippen LogP contribution in [-0.2, 0) is 4.79 Å². The van der Waals surface area contributed by atoms with Crippen molar-refractivity contribution in [3.8, 4) is 11.8 Å². The number of carbonyl (C=O) groups excluding carboxylic acids is 1. The lowest BCUT2D eigenvalue weighted by Crippen LogP contribution is -2.13. The maximum Gasteiger partial charge on any atom is 0.214 e. The fourth-order valence-electron chi connectivity index (χ4n) is 2.03. The molecule has 7 nitrogen and oxygen atoms in total. The third-order valence-electron chi connectivity index (χ3n) is 3.17. The summed E-state index contributed by atoms with van der Waals surface area (Å²) in [6.45, 7) is 1.83. The van der Waals surface area contributed by atoms with Crippen LogP contribution in [0.2, 0.25) is 5.02 Å². The van der Waals surface area contributed by atoms with Crippen molar-refractivity contribution in [2.45, 2.75) is 18.0 Å². The van der Waals surface area contributed by atoms with Gasteiger partial charge in [0.1, 0.15) is 5.01 Å². The first-order valence-electron chi connectivity index (χ1n) is 7.10. The van der Waals surface area contributed by atoms with Crippen LogP contribution in [0, 0.1) is 18.3 Å². The molecule has 126 valence electrons. The van der Waals surface area contributed by atoms with Crippen LogP contribution in [-0.4, -0.2) is 36.7 Å². The van der Waals surface area contributed by atoms with E-state index in [0.29, 0.717) is 20.9 Å². The Hall–Kier alpha value is -2.28. The second-order valence-corrected chi connectivity index (χ2v) is 7.27. The van der Waals surface area contributed by atoms with Gasteiger partial charge in [0.15, 0.2) is 11.7 Å². The zero-order chi connectivity index (χ0) is 17.8. The number of aryl methyl sites for hydroxylation is 1. The molecular formula is C15H11ClN6OS2. The molecule has 0 radical (unpaired) electrons. The van der Waals surface area contributed by atoms with Gasteiger partial charge in [-0.3, -0.25) is 4.79 Å². The smallest absolute Gasteiger partial charge is 0.214 e. The largest absolute Gasteiger partial charge is 0.297 e. The van der Waals surface area contributed by atoms with Crippen LogP contribution in [0.25, 0.3) is 5.69 Å². The highest BCUT2D eigenvalue weighted by Gasteiger charge is 2.24. The minimum Gasteiger partial charge on any atom is -0.297 e. The van der Waals surface area contributed by atoms with Gasteiger partial charge in [-0.1, -0.05) is 29.4 Å². The molecule has 0 aliphatic rings. The van der Waals surface area contributed by atoms with E-state index in [2.05, 4.69) is 20.5 Å². The summed E-state index contributed by atoms with van der Waals surface area (Å²) in [7, 11) is 0. The zero-order valence-electron chi connectivity index (χ0n) is 13.0. The molecule has 0 unspecified atom stereocenters. The van der Waals surface area contributed by atoms with Gasteiger partial charge in [-0.2, -0.15) is 9.94 Å². The number of Topliss-reactive ketones (excluding diaryl/α,β-unsaturated/α-hetero) is 1. The lowest BCUT2D eigenvalue weighted by Gasteiger charge is -2.06. The highest BCUT2D eigenvalue weighted by atomic mass is 35.5. The minimum atomic E-state index is -0.873. The van der Waals surface area contributed by atoms with Crippen molar-refractivity contribution < 1.29 is 4.79 Å². The quantitative estimate of drug-likeness (QED) is 0.596. The Kier molecular flexibility index (Phi) is 5.43. The third-order valence-corrected chi connectivity index (χ3v) is 5.38. The molecule has 10 heteroatoms. The monoisotopic (exact) mass is 390 g/mol. The number of ketones is 1. The number of hydrogen-bond donors (Lipinski definition) is 0. The van der Waals surface area contributed by atoms with Crippen LogP contribution in [0.3, 0.4) is 0 Å². The molecule has 2 heterocycles. The van der Waals surface area contributed by atoms with E-state index < -0.39 is 5.92 Å². The summed E-state index contributed by atoms with van der Waals surface area (Å²) in [5.41, 5.74) is 1.49. The van der Waals surface area contributed by atoms with E-state index in [1.54, 1.807) is 18.2 Å². The number of aromatic nitrogens is 5. The molecule has 0 spiro atoms. The first kappa shape index (κ1) is 17.5. The predicted octanol–water partition coefficient (Wildman–Crippen LogP) is 3.05. The van der Waals surface area contributed by atoms with Crippen molar-refractivity contribution >= 4 is 40.5 Å². The number of thiazole rings is 1. The molecule has 3 rings (SSSR count). The topological polar surface area (TPSA) is 97.4 Å². The van der Waals surface area contributed by atoms with Crippen molar-refractivity contribution in [1.29, 1.82) is 5.26 Å². The van der Waals surface area contributed by atoms with Gasteiger partial charge >= 0.3 is 0 Å². The molecule has 0 aliphatic heterocycles. The average Bonchev–Trinajstić information content (AvgIpc) is 3.23. The number of halogens is 1. The van der Waals surface area contributed by atoms with Crippen LogP contribution >= 0.6 is 34.7 Å². The molecule has 0 fully saturated rings. The summed E-state index contributed by atoms with van der Waals surface area (Å²) in [4.78, 5) is 16.6. The van der Waals surface area contributed by atoms with Gasteiger partial charge in [0.25, 0.3) is 0 Å². The van der Waals surface area contributed by atoms with E-state index in [9.17, 15) is 10.1 Å². The number of hydrogen-bond acceptors (Lipinski definition) is 8. The summed E-state index contributed by atoms with van der Waals surface area (Å²) >= 11 is 8.47. The van der Waals surface area contributed by atoms with E-state index in [-0.39, 0.29) is 11.5 Å². The Morgan fingerprint density at radius 2 is 2.36 bits per heavy atom. The van der Waals surface area contributed by atoms with Crippen LogP contribution in [0.4, 0.5) is 0 Å². The number of benzene rings is 1. The molecular weight excluding hydrogens is 380 g/mol. The SMILES string of the molecule is Cc1csc([C@@H](C#N)C(=O)CSc2nnnn2-c2cccc(Cl)c2)n1. The molecule has 0 N–H and O–H groups in total. The molecule has 0 amide bonds. The van der Waals surface area contributed by atoms with E-state index >= 15 is 0 Å². The summed E-state index contributed by atoms with van der Waals surface area (Å²) in [5, 5.41) is 24.1. The maximum absolute atomic E-state index is 12.4. The number of tetrazole rings is 1. The number of rotatable bonds is 6. The summed E-state index contributed by atoms with van der Waals surface area (Å²) in [6.07, 6.45) is 0. The molecule has 25 heavy (non-hydrogen) atoms. The van der Waals surface area contributed by atoms with Gasteiger partial charge in [-0.05, 0) is 35.5 Å². The summed E-state index contributed by atoms with van der Waals surface area (Å²) in [6, 6.07) is 9.09. The van der Waals surface area contributed by atoms with Crippen LogP contribution in [0.5, 0.6) is 0 Å². The van der Waals surface area contributed by atoms with Crippen LogP contribution in [0.15, 0.2) is 34.8 Å². The van der Waals surface area contributed by atoms with Crippen molar-refractivity contribution in [1.82, 2.24) is 25.2 Å². The lowest BCUT2D eigenvalue weighted by molar-refractivity contribution is -0.116. The second kappa shape index (κ2) is 7.74. The first-order chi connectivity index (χ1) is 12.1. The highest BCUT2D eigenvalue weighted by molar-refractivity contribution is 7.99. The van der Waals surface area contributed by atoms with Crippen molar-refractivity contribution in [3.05, 3.63) is 45.4 Å². The van der Waals surface area contributed by atoms with Crippen molar-refractivity contribution in [2.75, 3.05) is 5.75 Å². The van der Waals surface area contributed by atoms with Gasteiger partial charge in [0, 0.05) is 16.1 Å². The van der Waals surface area contributed by atoms with Gasteiger partial charge in [-0.25, -0.2) is 4.98 Å². The van der Waals surface area contributed by atoms with Gasteiger partial charge in [-0.15, -0.1) is 16.4 Å². The molecule has 1 atom stereocenters. The normalized spacial score (nSPS) is 11.9. The van der Waals surface area contributed by atoms with E-state index in [1.165, 1.54) is 27.8 Å². The Bertz CT molecular complexity index is 947. The second-order valence-electron chi connectivity index (χ2n) is 5.00. The molecule has 3 aromatic rings. The Morgan fingerprint density at radius 1 is 1.52 bits per heavy atom. The average molecular weight is 391 g/mol. The van der Waals surface area contributed by atoms with Crippen molar-refractivity contribution in [3.63, 3.8) is 0 Å². The first-order valence-corrected chi connectivity index (χ1v) is 9.34. The number of nitriles is 1. The van der Waals surface area contributed by atoms with Crippen LogP contribution < -0.4 is 0 Å². The van der Waals surface area contributed by atoms with E-state index in [0.717, 1.165) is 5.69 Å². The van der Waals surface area contributed by atoms with Gasteiger partial charge in [0.05, 0.1) is 17.5 Å². The minimum absolute atomic E-state index is 0.0673. The molecule has 2 aromatic heterocycles. The Labute approximate surface area is 156 Å². The summed E-state index contributed by atoms with van der Waals surface area (Å²) < 4.78 is 1.50. The van der Waals surface area contributed by atoms with E-state index in [4.69, 9.17) is 11.6 Å². The lowest BCUT2D eigenvalue weighted by atomic mass is 10.1. The Balaban J connectivity index is 1.73. The molecule has 0 aliphatic carbocycles. The zero-order valence-corrected chi connectivity index (χ0v) is 15.3. The van der Waals surface area contributed by atoms with Gasteiger partial charge in [0.2, 0.25) is 5.16 Å². The summed E-state index contributed by atoms with van der Waals surface area (Å²) in [5.74, 6) is -1.04. The fraction of sp³-hybridized carbons (Fsp3) is 0.200. The highest BCUT2D eigenvalue weighted by Crippen LogP contribution is 2.25. The fourth-order valence-corrected chi connectivity index (χ4v) is 3.87. The third kappa shape index (κ3) is 4.04. The molecule has 0 bridgehead atoms. The van der Waals surface area contributed by atoms with Gasteiger partial charge < -0.3 is 0 Å². The molecule has 0 saturated heterocycles. The standard InChI is InChI=1S/C15H11ClN6OS2/c1-9-7-24-14(18-9)12(6-17)13(23)8-25-15-19-20-21-22(15)11-4-2-3-10(16)5-11/h2-5,7,12H,8H2,1H3/t12-/m0/s1. The number of carbonyl (C=O) groups is 1. The van der Waals surface area contributed by atoms with E-state index in [1.807, 2.05) is 24.4 Å². The van der Waals surface area contributed by atoms with Crippen molar-refractivity contribution in [2.24, 2.45) is 0 Å². The van der Waals surface area contributed by atoms with Crippen LogP contribution in [0.1, 0.15) is 16.6 Å². The predicted molar refractivity (Wildman–Crippen MR) is 95.1 cm³/mol. The Morgan fingerprint density at radius 3 is 3.04 bits per heavy atom. The number of thioether (sulfide) groups is 1.